The highest BCUT2D eigenvalue weighted by Gasteiger charge is 2.07. The lowest BCUT2D eigenvalue weighted by Crippen LogP contribution is -2.24. The summed E-state index contributed by atoms with van der Waals surface area (Å²) in [6, 6.07) is 1.33. The third-order valence-corrected chi connectivity index (χ3v) is 1.41. The van der Waals surface area contributed by atoms with Crippen LogP contribution in [0.1, 0.15) is 15.9 Å². The van der Waals surface area contributed by atoms with Crippen LogP contribution in [0.25, 0.3) is 0 Å². The second kappa shape index (κ2) is 2.69. The van der Waals surface area contributed by atoms with Crippen LogP contribution < -0.4 is 5.49 Å². The molecule has 0 aliphatic carbocycles. The Balaban J connectivity index is 3.49. The molecule has 5 heteroatoms. The Labute approximate surface area is 68.0 Å². The van der Waals surface area contributed by atoms with Gasteiger partial charge in [-0.05, 0) is 18.6 Å². The quantitative estimate of drug-likeness (QED) is 0.524. The Bertz CT molecular complexity index is 381. The zero-order valence-electron chi connectivity index (χ0n) is 6.40. The second-order valence-electron chi connectivity index (χ2n) is 2.43. The molecule has 0 amide bonds. The Morgan fingerprint density at radius 2 is 2.25 bits per heavy atom. The zero-order chi connectivity index (χ0) is 9.30. The number of aryl methyl sites for hydroxylation is 1. The molecule has 0 bridgehead atoms. The Kier molecular flexibility index (Phi) is 1.86. The molecule has 0 radical (unpaired) electrons. The van der Waals surface area contributed by atoms with Crippen LogP contribution in [0.3, 0.4) is 0 Å². The summed E-state index contributed by atoms with van der Waals surface area (Å²) in [5, 5.41) is 24.7. The molecule has 1 heterocycles. The molecule has 0 atom stereocenters. The van der Waals surface area contributed by atoms with Crippen molar-refractivity contribution < 1.29 is 15.1 Å². The third kappa shape index (κ3) is 1.29. The van der Waals surface area contributed by atoms with Gasteiger partial charge in [0.25, 0.3) is 0 Å². The summed E-state index contributed by atoms with van der Waals surface area (Å²) in [7, 11) is 0. The normalized spacial score (nSPS) is 9.75. The first-order valence-electron chi connectivity index (χ1n) is 3.23. The molecule has 1 aromatic rings. The number of nitrogens with one attached hydrogen (secondary N) is 1. The van der Waals surface area contributed by atoms with Gasteiger partial charge in [0, 0.05) is 6.20 Å². The van der Waals surface area contributed by atoms with E-state index in [2.05, 4.69) is 0 Å². The fourth-order valence-corrected chi connectivity index (χ4v) is 0.877. The highest BCUT2D eigenvalue weighted by Crippen LogP contribution is 1.96. The largest absolute Gasteiger partial charge is 0.478 e. The minimum absolute atomic E-state index is 0.211. The Morgan fingerprint density at radius 3 is 2.75 bits per heavy atom. The molecular formula is C7H8N2O3. The number of rotatable bonds is 1. The molecule has 0 saturated carbocycles. The zero-order valence-corrected chi connectivity index (χ0v) is 6.40. The fraction of sp³-hybridized carbons (Fsp3) is 0.143. The molecule has 12 heavy (non-hydrogen) atoms. The second-order valence-corrected chi connectivity index (χ2v) is 2.43. The smallest absolute Gasteiger partial charge is 0.339 e. The van der Waals surface area contributed by atoms with E-state index in [1.165, 1.54) is 12.3 Å². The van der Waals surface area contributed by atoms with Crippen molar-refractivity contribution in [3.8, 4) is 0 Å². The SMILES string of the molecule is Cc1cc(C(=O)O)c(=N)n(O)c1. The maximum absolute atomic E-state index is 10.5. The van der Waals surface area contributed by atoms with E-state index in [4.69, 9.17) is 15.7 Å². The topological polar surface area (TPSA) is 86.3 Å². The number of hydrogen-bond acceptors (Lipinski definition) is 3. The van der Waals surface area contributed by atoms with Gasteiger partial charge < -0.3 is 10.3 Å². The molecule has 1 rings (SSSR count). The molecule has 0 aliphatic rings. The number of aromatic carboxylic acids is 1. The molecule has 0 aromatic carbocycles. The van der Waals surface area contributed by atoms with Crippen molar-refractivity contribution in [2.45, 2.75) is 6.92 Å². The molecule has 64 valence electrons. The summed E-state index contributed by atoms with van der Waals surface area (Å²) >= 11 is 0. The van der Waals surface area contributed by atoms with Gasteiger partial charge in [-0.2, -0.15) is 4.73 Å². The number of carbonyl (C=O) groups is 1. The lowest BCUT2D eigenvalue weighted by Gasteiger charge is -2.01. The number of nitrogens with zero attached hydrogens (tertiary/aromatic N) is 1. The van der Waals surface area contributed by atoms with E-state index in [0.717, 1.165) is 0 Å². The van der Waals surface area contributed by atoms with Gasteiger partial charge in [-0.1, -0.05) is 0 Å². The summed E-state index contributed by atoms with van der Waals surface area (Å²) in [5.74, 6) is -1.22. The van der Waals surface area contributed by atoms with Crippen molar-refractivity contribution in [3.63, 3.8) is 0 Å². The lowest BCUT2D eigenvalue weighted by molar-refractivity contribution is 0.0686. The first kappa shape index (κ1) is 8.32. The minimum Gasteiger partial charge on any atom is -0.478 e. The average Bonchev–Trinajstić information content (AvgIpc) is 1.96. The van der Waals surface area contributed by atoms with E-state index < -0.39 is 11.5 Å². The van der Waals surface area contributed by atoms with Gasteiger partial charge in [0.05, 0.1) is 0 Å². The summed E-state index contributed by atoms with van der Waals surface area (Å²) in [4.78, 5) is 10.5. The number of aromatic nitrogens is 1. The maximum Gasteiger partial charge on any atom is 0.339 e. The van der Waals surface area contributed by atoms with Crippen LogP contribution in [0.2, 0.25) is 0 Å². The van der Waals surface area contributed by atoms with E-state index in [9.17, 15) is 4.79 Å². The number of carboxylic acids is 1. The van der Waals surface area contributed by atoms with Gasteiger partial charge in [-0.3, -0.25) is 5.41 Å². The predicted molar refractivity (Wildman–Crippen MR) is 39.2 cm³/mol. The van der Waals surface area contributed by atoms with Crippen LogP contribution in [0, 0.1) is 12.3 Å². The maximum atomic E-state index is 10.5. The average molecular weight is 168 g/mol. The molecule has 1 aromatic heterocycles. The number of carboxylic acid groups (broad SMARTS) is 1. The van der Waals surface area contributed by atoms with Crippen LogP contribution in [-0.4, -0.2) is 21.0 Å². The Morgan fingerprint density at radius 1 is 1.67 bits per heavy atom. The standard InChI is InChI=1S/C7H8N2O3/c1-4-2-5(7(10)11)6(8)9(12)3-4/h2-3,8,12H,1H3,(H,10,11). The van der Waals surface area contributed by atoms with Gasteiger partial charge in [0.2, 0.25) is 0 Å². The van der Waals surface area contributed by atoms with Crippen LogP contribution in [0.15, 0.2) is 12.3 Å². The van der Waals surface area contributed by atoms with Crippen molar-refractivity contribution in [2.24, 2.45) is 0 Å². The van der Waals surface area contributed by atoms with Crippen molar-refractivity contribution in [1.29, 1.82) is 5.41 Å². The highest BCUT2D eigenvalue weighted by molar-refractivity contribution is 5.87. The van der Waals surface area contributed by atoms with Crippen LogP contribution >= 0.6 is 0 Å². The van der Waals surface area contributed by atoms with E-state index in [1.54, 1.807) is 6.92 Å². The summed E-state index contributed by atoms with van der Waals surface area (Å²) in [5.41, 5.74) is -0.0449. The monoisotopic (exact) mass is 168 g/mol. The molecule has 0 fully saturated rings. The van der Waals surface area contributed by atoms with E-state index >= 15 is 0 Å². The minimum atomic E-state index is -1.22. The van der Waals surface area contributed by atoms with Gasteiger partial charge >= 0.3 is 5.97 Å². The van der Waals surface area contributed by atoms with Crippen LogP contribution in [-0.2, 0) is 0 Å². The van der Waals surface area contributed by atoms with Gasteiger partial charge in [-0.15, -0.1) is 0 Å². The first-order valence-corrected chi connectivity index (χ1v) is 3.23. The molecular weight excluding hydrogens is 160 g/mol. The number of hydrogen-bond donors (Lipinski definition) is 3. The fourth-order valence-electron chi connectivity index (χ4n) is 0.877. The van der Waals surface area contributed by atoms with Crippen molar-refractivity contribution in [2.75, 3.05) is 0 Å². The molecule has 0 spiro atoms. The highest BCUT2D eigenvalue weighted by atomic mass is 16.5. The molecule has 0 saturated heterocycles. The lowest BCUT2D eigenvalue weighted by atomic mass is 10.2. The van der Waals surface area contributed by atoms with Crippen molar-refractivity contribution >= 4 is 5.97 Å². The third-order valence-electron chi connectivity index (χ3n) is 1.41. The molecule has 3 N–H and O–H groups in total. The van der Waals surface area contributed by atoms with E-state index in [-0.39, 0.29) is 5.56 Å². The first-order chi connectivity index (χ1) is 5.52. The van der Waals surface area contributed by atoms with Crippen molar-refractivity contribution in [1.82, 2.24) is 4.73 Å². The Hall–Kier alpha value is -1.78. The number of pyridine rings is 1. The van der Waals surface area contributed by atoms with Crippen LogP contribution in [0.5, 0.6) is 0 Å². The molecule has 5 nitrogen and oxygen atoms in total. The predicted octanol–water partition coefficient (Wildman–Crippen LogP) is 0.211. The summed E-state index contributed by atoms with van der Waals surface area (Å²) in [6.45, 7) is 1.64. The van der Waals surface area contributed by atoms with E-state index in [1.807, 2.05) is 0 Å². The van der Waals surface area contributed by atoms with Gasteiger partial charge in [0.15, 0.2) is 5.49 Å². The van der Waals surface area contributed by atoms with Crippen LogP contribution in [0.4, 0.5) is 0 Å². The van der Waals surface area contributed by atoms with Crippen molar-refractivity contribution in [3.05, 3.63) is 28.9 Å². The molecule has 0 aliphatic heterocycles. The van der Waals surface area contributed by atoms with Gasteiger partial charge in [0.1, 0.15) is 5.56 Å². The summed E-state index contributed by atoms with van der Waals surface area (Å²) < 4.78 is 0.485. The molecule has 0 unspecified atom stereocenters. The van der Waals surface area contributed by atoms with E-state index in [0.29, 0.717) is 10.3 Å². The summed E-state index contributed by atoms with van der Waals surface area (Å²) in [6.07, 6.45) is 1.27. The van der Waals surface area contributed by atoms with Gasteiger partial charge in [-0.25, -0.2) is 4.79 Å².